The fraction of sp³-hybridized carbons (Fsp3) is 0.250. The highest BCUT2D eigenvalue weighted by molar-refractivity contribution is 6.09. The summed E-state index contributed by atoms with van der Waals surface area (Å²) >= 11 is 0. The summed E-state index contributed by atoms with van der Waals surface area (Å²) in [5.41, 5.74) is 6.35. The number of ether oxygens (including phenoxy) is 1. The molecule has 0 saturated heterocycles. The second kappa shape index (κ2) is 8.84. The van der Waals surface area contributed by atoms with Crippen LogP contribution in [0.15, 0.2) is 48.5 Å². The Balaban J connectivity index is 2.20. The molecule has 0 aliphatic rings. The molecule has 1 atom stereocenters. The maximum Gasteiger partial charge on any atom is 0.255 e. The molecular weight excluding hydrogens is 346 g/mol. The lowest BCUT2D eigenvalue weighted by Gasteiger charge is -2.20. The number of anilines is 1. The van der Waals surface area contributed by atoms with E-state index >= 15 is 0 Å². The van der Waals surface area contributed by atoms with Gasteiger partial charge in [0.05, 0.1) is 18.4 Å². The Morgan fingerprint density at radius 2 is 1.59 bits per heavy atom. The van der Waals surface area contributed by atoms with Gasteiger partial charge in [-0.1, -0.05) is 26.0 Å². The summed E-state index contributed by atoms with van der Waals surface area (Å²) < 4.78 is 5.07. The molecule has 0 radical (unpaired) electrons. The zero-order valence-electron chi connectivity index (χ0n) is 15.5. The number of carbonyl (C=O) groups is 3. The average Bonchev–Trinajstić information content (AvgIpc) is 2.65. The van der Waals surface area contributed by atoms with Crippen molar-refractivity contribution < 1.29 is 19.1 Å². The highest BCUT2D eigenvalue weighted by Gasteiger charge is 2.23. The normalized spacial score (nSPS) is 11.6. The van der Waals surface area contributed by atoms with Gasteiger partial charge in [0.1, 0.15) is 11.8 Å². The summed E-state index contributed by atoms with van der Waals surface area (Å²) in [6.07, 6.45) is 0. The van der Waals surface area contributed by atoms with Crippen LogP contribution in [-0.4, -0.2) is 30.9 Å². The zero-order valence-corrected chi connectivity index (χ0v) is 15.5. The van der Waals surface area contributed by atoms with Crippen molar-refractivity contribution in [3.05, 3.63) is 59.7 Å². The van der Waals surface area contributed by atoms with Crippen LogP contribution >= 0.6 is 0 Å². The topological polar surface area (TPSA) is 111 Å². The fourth-order valence-electron chi connectivity index (χ4n) is 2.51. The molecule has 0 spiro atoms. The lowest BCUT2D eigenvalue weighted by atomic mass is 10.0. The fourth-order valence-corrected chi connectivity index (χ4v) is 2.51. The second-order valence-corrected chi connectivity index (χ2v) is 6.33. The molecule has 1 unspecified atom stereocenters. The van der Waals surface area contributed by atoms with Crippen molar-refractivity contribution in [2.75, 3.05) is 12.4 Å². The van der Waals surface area contributed by atoms with Gasteiger partial charge in [0.2, 0.25) is 5.91 Å². The van der Waals surface area contributed by atoms with Gasteiger partial charge in [0, 0.05) is 5.56 Å². The van der Waals surface area contributed by atoms with Crippen molar-refractivity contribution in [3.8, 4) is 5.75 Å². The smallest absolute Gasteiger partial charge is 0.255 e. The summed E-state index contributed by atoms with van der Waals surface area (Å²) in [4.78, 5) is 36.6. The number of hydrogen-bond donors (Lipinski definition) is 3. The Labute approximate surface area is 157 Å². The van der Waals surface area contributed by atoms with Gasteiger partial charge in [-0.25, -0.2) is 0 Å². The maximum atomic E-state index is 12.6. The SMILES string of the molecule is COc1ccc(C(=O)Nc2ccccc2C(=O)NC(C(N)=O)C(C)C)cc1. The number of carbonyl (C=O) groups excluding carboxylic acids is 3. The van der Waals surface area contributed by atoms with Gasteiger partial charge in [0.25, 0.3) is 11.8 Å². The molecule has 142 valence electrons. The standard InChI is InChI=1S/C20H23N3O4/c1-12(2)17(18(21)24)23-20(26)15-6-4-5-7-16(15)22-19(25)13-8-10-14(27-3)11-9-13/h4-12,17H,1-3H3,(H2,21,24)(H,22,25)(H,23,26). The highest BCUT2D eigenvalue weighted by Crippen LogP contribution is 2.18. The van der Waals surface area contributed by atoms with Gasteiger partial charge < -0.3 is 21.1 Å². The minimum atomic E-state index is -0.803. The Morgan fingerprint density at radius 3 is 2.15 bits per heavy atom. The summed E-state index contributed by atoms with van der Waals surface area (Å²) in [5.74, 6) is -0.991. The molecule has 0 heterocycles. The minimum Gasteiger partial charge on any atom is -0.497 e. The first-order chi connectivity index (χ1) is 12.8. The molecule has 0 aliphatic heterocycles. The van der Waals surface area contributed by atoms with Crippen molar-refractivity contribution in [1.29, 1.82) is 0 Å². The summed E-state index contributed by atoms with van der Waals surface area (Å²) in [5, 5.41) is 5.34. The molecule has 0 aromatic heterocycles. The van der Waals surface area contributed by atoms with E-state index in [9.17, 15) is 14.4 Å². The van der Waals surface area contributed by atoms with E-state index in [1.165, 1.54) is 0 Å². The van der Waals surface area contributed by atoms with Crippen LogP contribution in [0.1, 0.15) is 34.6 Å². The van der Waals surface area contributed by atoms with E-state index < -0.39 is 17.9 Å². The molecule has 4 N–H and O–H groups in total. The van der Waals surface area contributed by atoms with Crippen LogP contribution < -0.4 is 21.1 Å². The molecule has 0 fully saturated rings. The molecule has 2 aromatic carbocycles. The molecule has 0 saturated carbocycles. The lowest BCUT2D eigenvalue weighted by molar-refractivity contribution is -0.120. The molecule has 7 nitrogen and oxygen atoms in total. The first-order valence-corrected chi connectivity index (χ1v) is 8.48. The molecule has 27 heavy (non-hydrogen) atoms. The second-order valence-electron chi connectivity index (χ2n) is 6.33. The first kappa shape index (κ1) is 20.0. The Bertz CT molecular complexity index is 831. The number of methoxy groups -OCH3 is 1. The number of nitrogens with one attached hydrogen (secondary N) is 2. The number of hydrogen-bond acceptors (Lipinski definition) is 4. The maximum absolute atomic E-state index is 12.6. The molecule has 7 heteroatoms. The number of rotatable bonds is 7. The van der Waals surface area contributed by atoms with E-state index in [4.69, 9.17) is 10.5 Å². The molecule has 0 aliphatic carbocycles. The van der Waals surface area contributed by atoms with Crippen molar-refractivity contribution in [1.82, 2.24) is 5.32 Å². The summed E-state index contributed by atoms with van der Waals surface area (Å²) in [6.45, 7) is 3.57. The molecule has 3 amide bonds. The quantitative estimate of drug-likeness (QED) is 0.695. The Morgan fingerprint density at radius 1 is 0.963 bits per heavy atom. The van der Waals surface area contributed by atoms with Gasteiger partial charge in [-0.05, 0) is 42.3 Å². The monoisotopic (exact) mass is 369 g/mol. The Kier molecular flexibility index (Phi) is 6.54. The average molecular weight is 369 g/mol. The number of nitrogens with two attached hydrogens (primary N) is 1. The lowest BCUT2D eigenvalue weighted by Crippen LogP contribution is -2.47. The number of benzene rings is 2. The van der Waals surface area contributed by atoms with Crippen LogP contribution in [0.5, 0.6) is 5.75 Å². The Hall–Kier alpha value is -3.35. The van der Waals surface area contributed by atoms with E-state index in [1.54, 1.807) is 69.5 Å². The van der Waals surface area contributed by atoms with Crippen molar-refractivity contribution in [2.45, 2.75) is 19.9 Å². The number of para-hydroxylation sites is 1. The van der Waals surface area contributed by atoms with Crippen LogP contribution in [0.2, 0.25) is 0 Å². The zero-order chi connectivity index (χ0) is 20.0. The summed E-state index contributed by atoms with van der Waals surface area (Å²) in [6, 6.07) is 12.4. The van der Waals surface area contributed by atoms with E-state index in [0.29, 0.717) is 17.0 Å². The third-order valence-electron chi connectivity index (χ3n) is 4.03. The van der Waals surface area contributed by atoms with Gasteiger partial charge >= 0.3 is 0 Å². The van der Waals surface area contributed by atoms with Crippen LogP contribution in [0.4, 0.5) is 5.69 Å². The van der Waals surface area contributed by atoms with E-state index in [-0.39, 0.29) is 17.4 Å². The van der Waals surface area contributed by atoms with Gasteiger partial charge in [-0.3, -0.25) is 14.4 Å². The van der Waals surface area contributed by atoms with Gasteiger partial charge in [-0.15, -0.1) is 0 Å². The van der Waals surface area contributed by atoms with Crippen LogP contribution in [0.25, 0.3) is 0 Å². The first-order valence-electron chi connectivity index (χ1n) is 8.48. The third kappa shape index (κ3) is 5.07. The van der Waals surface area contributed by atoms with Crippen LogP contribution in [0, 0.1) is 5.92 Å². The van der Waals surface area contributed by atoms with Gasteiger partial charge in [0.15, 0.2) is 0 Å². The van der Waals surface area contributed by atoms with Crippen LogP contribution in [0.3, 0.4) is 0 Å². The van der Waals surface area contributed by atoms with E-state index in [0.717, 1.165) is 0 Å². The van der Waals surface area contributed by atoms with Crippen molar-refractivity contribution in [3.63, 3.8) is 0 Å². The number of amides is 3. The van der Waals surface area contributed by atoms with Crippen molar-refractivity contribution in [2.24, 2.45) is 11.7 Å². The summed E-state index contributed by atoms with van der Waals surface area (Å²) in [7, 11) is 1.54. The van der Waals surface area contributed by atoms with Crippen molar-refractivity contribution >= 4 is 23.4 Å². The molecule has 0 bridgehead atoms. The largest absolute Gasteiger partial charge is 0.497 e. The molecule has 2 aromatic rings. The highest BCUT2D eigenvalue weighted by atomic mass is 16.5. The predicted octanol–water partition coefficient (Wildman–Crippen LogP) is 2.19. The van der Waals surface area contributed by atoms with E-state index in [2.05, 4.69) is 10.6 Å². The molecule has 2 rings (SSSR count). The predicted molar refractivity (Wildman–Crippen MR) is 103 cm³/mol. The minimum absolute atomic E-state index is 0.160. The van der Waals surface area contributed by atoms with Crippen LogP contribution in [-0.2, 0) is 4.79 Å². The molecular formula is C20H23N3O4. The van der Waals surface area contributed by atoms with E-state index in [1.807, 2.05) is 0 Å². The third-order valence-corrected chi connectivity index (χ3v) is 4.03. The van der Waals surface area contributed by atoms with Gasteiger partial charge in [-0.2, -0.15) is 0 Å². The number of primary amides is 1.